The maximum Gasteiger partial charge on any atom is 0.145 e. The lowest BCUT2D eigenvalue weighted by molar-refractivity contribution is 0.516. The number of hydrogen-bond donors (Lipinski definition) is 1. The molecule has 1 aromatic heterocycles. The predicted octanol–water partition coefficient (Wildman–Crippen LogP) is 3.92. The first-order valence-corrected chi connectivity index (χ1v) is 7.09. The van der Waals surface area contributed by atoms with Gasteiger partial charge in [-0.1, -0.05) is 30.3 Å². The summed E-state index contributed by atoms with van der Waals surface area (Å²) < 4.78 is 0. The Morgan fingerprint density at radius 2 is 1.75 bits per heavy atom. The van der Waals surface area contributed by atoms with Crippen LogP contribution in [0, 0.1) is 13.8 Å². The standard InChI is InChI=1S/C17H23N3/c1-13-14(2)19-16(12-18-13)20-17(3,4)11-10-15-8-6-5-7-9-15/h5-9,12H,10-11H2,1-4H3,(H,19,20). The molecule has 20 heavy (non-hydrogen) atoms. The fourth-order valence-corrected chi connectivity index (χ4v) is 2.11. The molecule has 106 valence electrons. The van der Waals surface area contributed by atoms with Crippen molar-refractivity contribution >= 4 is 5.82 Å². The summed E-state index contributed by atoms with van der Waals surface area (Å²) in [6, 6.07) is 10.6. The maximum absolute atomic E-state index is 4.54. The largest absolute Gasteiger partial charge is 0.364 e. The van der Waals surface area contributed by atoms with Crippen LogP contribution in [0.15, 0.2) is 36.5 Å². The van der Waals surface area contributed by atoms with Crippen molar-refractivity contribution < 1.29 is 0 Å². The average molecular weight is 269 g/mol. The van der Waals surface area contributed by atoms with Crippen LogP contribution in [0.2, 0.25) is 0 Å². The highest BCUT2D eigenvalue weighted by Gasteiger charge is 2.18. The summed E-state index contributed by atoms with van der Waals surface area (Å²) in [7, 11) is 0. The number of aromatic nitrogens is 2. The summed E-state index contributed by atoms with van der Waals surface area (Å²) in [4.78, 5) is 8.90. The molecule has 0 spiro atoms. The molecule has 0 amide bonds. The van der Waals surface area contributed by atoms with Gasteiger partial charge in [0.05, 0.1) is 17.6 Å². The Hall–Kier alpha value is -1.90. The highest BCUT2D eigenvalue weighted by atomic mass is 15.1. The van der Waals surface area contributed by atoms with E-state index in [1.165, 1.54) is 5.56 Å². The van der Waals surface area contributed by atoms with E-state index in [2.05, 4.69) is 59.5 Å². The summed E-state index contributed by atoms with van der Waals surface area (Å²) in [6.45, 7) is 8.37. The van der Waals surface area contributed by atoms with Crippen molar-refractivity contribution in [2.45, 2.75) is 46.1 Å². The summed E-state index contributed by atoms with van der Waals surface area (Å²) in [5, 5.41) is 3.48. The molecule has 0 bridgehead atoms. The lowest BCUT2D eigenvalue weighted by Crippen LogP contribution is -2.32. The number of anilines is 1. The molecule has 0 radical (unpaired) electrons. The van der Waals surface area contributed by atoms with E-state index >= 15 is 0 Å². The highest BCUT2D eigenvalue weighted by Crippen LogP contribution is 2.19. The molecule has 0 atom stereocenters. The number of rotatable bonds is 5. The van der Waals surface area contributed by atoms with Crippen LogP contribution >= 0.6 is 0 Å². The van der Waals surface area contributed by atoms with E-state index in [9.17, 15) is 0 Å². The van der Waals surface area contributed by atoms with Crippen LogP contribution in [-0.4, -0.2) is 15.5 Å². The molecule has 0 aliphatic heterocycles. The number of hydrogen-bond acceptors (Lipinski definition) is 3. The van der Waals surface area contributed by atoms with E-state index in [0.29, 0.717) is 0 Å². The van der Waals surface area contributed by atoms with Gasteiger partial charge >= 0.3 is 0 Å². The second-order valence-corrected chi connectivity index (χ2v) is 5.92. The van der Waals surface area contributed by atoms with E-state index in [-0.39, 0.29) is 5.54 Å². The van der Waals surface area contributed by atoms with Crippen LogP contribution in [0.5, 0.6) is 0 Å². The average Bonchev–Trinajstić information content (AvgIpc) is 2.42. The zero-order chi connectivity index (χ0) is 14.6. The fourth-order valence-electron chi connectivity index (χ4n) is 2.11. The lowest BCUT2D eigenvalue weighted by Gasteiger charge is -2.27. The Kier molecular flexibility index (Phi) is 4.38. The maximum atomic E-state index is 4.54. The van der Waals surface area contributed by atoms with E-state index in [1.807, 2.05) is 20.0 Å². The van der Waals surface area contributed by atoms with Crippen LogP contribution in [0.1, 0.15) is 37.2 Å². The van der Waals surface area contributed by atoms with Crippen LogP contribution in [0.4, 0.5) is 5.82 Å². The molecule has 0 unspecified atom stereocenters. The fraction of sp³-hybridized carbons (Fsp3) is 0.412. The molecule has 1 aromatic carbocycles. The van der Waals surface area contributed by atoms with E-state index in [0.717, 1.165) is 30.0 Å². The van der Waals surface area contributed by atoms with Gasteiger partial charge in [-0.15, -0.1) is 0 Å². The molecule has 0 fully saturated rings. The van der Waals surface area contributed by atoms with Crippen molar-refractivity contribution in [3.63, 3.8) is 0 Å². The second-order valence-electron chi connectivity index (χ2n) is 5.92. The summed E-state index contributed by atoms with van der Waals surface area (Å²) in [5.41, 5.74) is 3.33. The molecule has 3 nitrogen and oxygen atoms in total. The molecule has 0 saturated heterocycles. The zero-order valence-corrected chi connectivity index (χ0v) is 12.8. The van der Waals surface area contributed by atoms with Crippen molar-refractivity contribution in [3.05, 3.63) is 53.5 Å². The molecule has 0 saturated carbocycles. The van der Waals surface area contributed by atoms with Crippen LogP contribution in [0.3, 0.4) is 0 Å². The minimum absolute atomic E-state index is 0.00772. The topological polar surface area (TPSA) is 37.8 Å². The van der Waals surface area contributed by atoms with Gasteiger partial charge in [0.25, 0.3) is 0 Å². The van der Waals surface area contributed by atoms with Gasteiger partial charge in [0.1, 0.15) is 5.82 Å². The minimum atomic E-state index is -0.00772. The van der Waals surface area contributed by atoms with E-state index in [4.69, 9.17) is 0 Å². The molecular formula is C17H23N3. The number of nitrogens with one attached hydrogen (secondary N) is 1. The third-order valence-corrected chi connectivity index (χ3v) is 3.54. The molecule has 1 N–H and O–H groups in total. The first-order chi connectivity index (χ1) is 9.46. The Morgan fingerprint density at radius 1 is 1.05 bits per heavy atom. The third kappa shape index (κ3) is 4.05. The number of aryl methyl sites for hydroxylation is 3. The first-order valence-electron chi connectivity index (χ1n) is 7.09. The van der Waals surface area contributed by atoms with Gasteiger partial charge in [-0.3, -0.25) is 4.98 Å². The van der Waals surface area contributed by atoms with Crippen molar-refractivity contribution in [1.29, 1.82) is 0 Å². The number of nitrogens with zero attached hydrogens (tertiary/aromatic N) is 2. The van der Waals surface area contributed by atoms with Crippen molar-refractivity contribution in [2.75, 3.05) is 5.32 Å². The smallest absolute Gasteiger partial charge is 0.145 e. The summed E-state index contributed by atoms with van der Waals surface area (Å²) in [5.74, 6) is 0.853. The minimum Gasteiger partial charge on any atom is -0.364 e. The van der Waals surface area contributed by atoms with Crippen LogP contribution in [-0.2, 0) is 6.42 Å². The summed E-state index contributed by atoms with van der Waals surface area (Å²) >= 11 is 0. The Morgan fingerprint density at radius 3 is 2.40 bits per heavy atom. The van der Waals surface area contributed by atoms with Gasteiger partial charge in [-0.2, -0.15) is 0 Å². The van der Waals surface area contributed by atoms with Crippen LogP contribution < -0.4 is 5.32 Å². The van der Waals surface area contributed by atoms with E-state index in [1.54, 1.807) is 0 Å². The lowest BCUT2D eigenvalue weighted by atomic mass is 9.95. The van der Waals surface area contributed by atoms with Gasteiger partial charge < -0.3 is 5.32 Å². The third-order valence-electron chi connectivity index (χ3n) is 3.54. The summed E-state index contributed by atoms with van der Waals surface area (Å²) in [6.07, 6.45) is 3.91. The molecule has 0 aliphatic carbocycles. The quantitative estimate of drug-likeness (QED) is 0.894. The molecule has 2 aromatic rings. The molecule has 3 heteroatoms. The Bertz CT molecular complexity index is 562. The zero-order valence-electron chi connectivity index (χ0n) is 12.8. The normalized spacial score (nSPS) is 11.4. The van der Waals surface area contributed by atoms with Crippen molar-refractivity contribution in [3.8, 4) is 0 Å². The van der Waals surface area contributed by atoms with Gasteiger partial charge in [0.2, 0.25) is 0 Å². The highest BCUT2D eigenvalue weighted by molar-refractivity contribution is 5.36. The van der Waals surface area contributed by atoms with Crippen LogP contribution in [0.25, 0.3) is 0 Å². The Balaban J connectivity index is 1.98. The molecule has 0 aliphatic rings. The molecule has 1 heterocycles. The van der Waals surface area contributed by atoms with Gasteiger partial charge in [-0.25, -0.2) is 4.98 Å². The van der Waals surface area contributed by atoms with Gasteiger partial charge in [-0.05, 0) is 46.1 Å². The van der Waals surface area contributed by atoms with Gasteiger partial charge in [0.15, 0.2) is 0 Å². The van der Waals surface area contributed by atoms with Crippen molar-refractivity contribution in [1.82, 2.24) is 9.97 Å². The monoisotopic (exact) mass is 269 g/mol. The van der Waals surface area contributed by atoms with Crippen molar-refractivity contribution in [2.24, 2.45) is 0 Å². The first kappa shape index (κ1) is 14.5. The van der Waals surface area contributed by atoms with E-state index < -0.39 is 0 Å². The van der Waals surface area contributed by atoms with Gasteiger partial charge in [0, 0.05) is 5.54 Å². The molecular weight excluding hydrogens is 246 g/mol. The predicted molar refractivity (Wildman–Crippen MR) is 84.0 cm³/mol. The number of benzene rings is 1. The SMILES string of the molecule is Cc1ncc(NC(C)(C)CCc2ccccc2)nc1C. The molecule has 2 rings (SSSR count). The Labute approximate surface area is 121 Å². The second kappa shape index (κ2) is 6.04.